The van der Waals surface area contributed by atoms with Crippen LogP contribution in [0.4, 0.5) is 8.78 Å². The average Bonchev–Trinajstić information content (AvgIpc) is 2.84. The van der Waals surface area contributed by atoms with Crippen molar-refractivity contribution in [1.29, 1.82) is 0 Å². The molecule has 0 amide bonds. The lowest BCUT2D eigenvalue weighted by atomic mass is 10.0. The summed E-state index contributed by atoms with van der Waals surface area (Å²) in [7, 11) is 1.79. The van der Waals surface area contributed by atoms with E-state index in [-0.39, 0.29) is 6.04 Å². The van der Waals surface area contributed by atoms with Gasteiger partial charge in [0.05, 0.1) is 0 Å². The fraction of sp³-hybridized carbons (Fsp3) is 0.333. The van der Waals surface area contributed by atoms with E-state index in [1.165, 1.54) is 21.9 Å². The van der Waals surface area contributed by atoms with Crippen LogP contribution in [0.2, 0.25) is 0 Å². The van der Waals surface area contributed by atoms with Gasteiger partial charge in [-0.2, -0.15) is 0 Å². The van der Waals surface area contributed by atoms with Gasteiger partial charge in [0.15, 0.2) is 0 Å². The van der Waals surface area contributed by atoms with E-state index >= 15 is 0 Å². The van der Waals surface area contributed by atoms with Crippen LogP contribution in [0.15, 0.2) is 30.3 Å². The molecule has 1 aromatic heterocycles. The molecule has 1 nitrogen and oxygen atoms in total. The number of nitrogens with one attached hydrogen (secondary N) is 1. The molecule has 2 rings (SSSR count). The number of hydrogen-bond donors (Lipinski definition) is 1. The van der Waals surface area contributed by atoms with Crippen molar-refractivity contribution in [3.05, 3.63) is 57.3 Å². The fourth-order valence-corrected chi connectivity index (χ4v) is 3.08. The summed E-state index contributed by atoms with van der Waals surface area (Å²) >= 11 is 1.74. The lowest BCUT2D eigenvalue weighted by molar-refractivity contribution is 0.523. The summed E-state index contributed by atoms with van der Waals surface area (Å²) in [6.45, 7) is 2.12. The quantitative estimate of drug-likeness (QED) is 0.870. The van der Waals surface area contributed by atoms with E-state index in [0.717, 1.165) is 12.5 Å². The highest BCUT2D eigenvalue weighted by atomic mass is 32.1. The van der Waals surface area contributed by atoms with Gasteiger partial charge in [0.25, 0.3) is 0 Å². The summed E-state index contributed by atoms with van der Waals surface area (Å²) in [6, 6.07) is 7.80. The van der Waals surface area contributed by atoms with E-state index in [0.29, 0.717) is 12.0 Å². The number of aryl methyl sites for hydroxylation is 1. The zero-order chi connectivity index (χ0) is 13.8. The minimum atomic E-state index is -0.541. The Balaban J connectivity index is 2.19. The fourth-order valence-electron chi connectivity index (χ4n) is 2.07. The molecular weight excluding hydrogens is 264 g/mol. The number of rotatable bonds is 5. The van der Waals surface area contributed by atoms with Crippen LogP contribution in [-0.4, -0.2) is 7.05 Å². The largest absolute Gasteiger partial charge is 0.313 e. The maximum Gasteiger partial charge on any atom is 0.130 e. The van der Waals surface area contributed by atoms with Crippen molar-refractivity contribution in [2.45, 2.75) is 25.8 Å². The first-order valence-electron chi connectivity index (χ1n) is 6.33. The first kappa shape index (κ1) is 14.2. The topological polar surface area (TPSA) is 12.0 Å². The molecular formula is C15H17F2NS. The molecule has 2 aromatic rings. The summed E-state index contributed by atoms with van der Waals surface area (Å²) < 4.78 is 26.7. The van der Waals surface area contributed by atoms with Crippen molar-refractivity contribution >= 4 is 11.3 Å². The van der Waals surface area contributed by atoms with Crippen molar-refractivity contribution < 1.29 is 8.78 Å². The number of halogens is 2. The predicted molar refractivity (Wildman–Crippen MR) is 75.6 cm³/mol. The second kappa shape index (κ2) is 6.26. The van der Waals surface area contributed by atoms with E-state index in [1.807, 2.05) is 0 Å². The maximum atomic E-state index is 13.8. The Labute approximate surface area is 116 Å². The van der Waals surface area contributed by atoms with Crippen LogP contribution in [-0.2, 0) is 12.8 Å². The molecule has 0 bridgehead atoms. The molecule has 1 N–H and O–H groups in total. The summed E-state index contributed by atoms with van der Waals surface area (Å²) in [4.78, 5) is 2.53. The SMILES string of the molecule is CCc1ccc(CC(NC)c2ccc(F)cc2F)s1. The van der Waals surface area contributed by atoms with Crippen LogP contribution in [0, 0.1) is 11.6 Å². The first-order valence-corrected chi connectivity index (χ1v) is 7.15. The molecule has 0 saturated carbocycles. The highest BCUT2D eigenvalue weighted by Gasteiger charge is 2.16. The molecule has 0 aliphatic heterocycles. The zero-order valence-corrected chi connectivity index (χ0v) is 11.9. The molecule has 1 aromatic carbocycles. The van der Waals surface area contributed by atoms with Crippen molar-refractivity contribution in [1.82, 2.24) is 5.32 Å². The second-order valence-electron chi connectivity index (χ2n) is 4.43. The normalized spacial score (nSPS) is 12.6. The van der Waals surface area contributed by atoms with Gasteiger partial charge in [-0.25, -0.2) is 8.78 Å². The van der Waals surface area contributed by atoms with Gasteiger partial charge in [-0.15, -0.1) is 11.3 Å². The molecule has 1 unspecified atom stereocenters. The molecule has 1 atom stereocenters. The van der Waals surface area contributed by atoms with Gasteiger partial charge in [0, 0.05) is 33.8 Å². The molecule has 1 heterocycles. The molecule has 0 radical (unpaired) electrons. The molecule has 0 saturated heterocycles. The van der Waals surface area contributed by atoms with E-state index in [1.54, 1.807) is 18.4 Å². The Bertz CT molecular complexity index is 551. The molecule has 0 aliphatic rings. The monoisotopic (exact) mass is 281 g/mol. The van der Waals surface area contributed by atoms with E-state index in [9.17, 15) is 8.78 Å². The van der Waals surface area contributed by atoms with Gasteiger partial charge in [0.2, 0.25) is 0 Å². The number of thiophene rings is 1. The summed E-state index contributed by atoms with van der Waals surface area (Å²) in [5.41, 5.74) is 0.510. The lowest BCUT2D eigenvalue weighted by Crippen LogP contribution is -2.19. The molecule has 0 fully saturated rings. The third-order valence-electron chi connectivity index (χ3n) is 3.16. The summed E-state index contributed by atoms with van der Waals surface area (Å²) in [6.07, 6.45) is 1.73. The van der Waals surface area contributed by atoms with Crippen LogP contribution >= 0.6 is 11.3 Å². The molecule has 4 heteroatoms. The third-order valence-corrected chi connectivity index (χ3v) is 4.41. The van der Waals surface area contributed by atoms with Crippen LogP contribution in [0.3, 0.4) is 0 Å². The van der Waals surface area contributed by atoms with Crippen LogP contribution in [0.5, 0.6) is 0 Å². The van der Waals surface area contributed by atoms with Crippen molar-refractivity contribution in [2.24, 2.45) is 0 Å². The summed E-state index contributed by atoms with van der Waals surface area (Å²) in [5.74, 6) is -1.04. The minimum Gasteiger partial charge on any atom is -0.313 e. The van der Waals surface area contributed by atoms with Gasteiger partial charge >= 0.3 is 0 Å². The zero-order valence-electron chi connectivity index (χ0n) is 11.0. The highest BCUT2D eigenvalue weighted by Crippen LogP contribution is 2.25. The van der Waals surface area contributed by atoms with Gasteiger partial charge in [0.1, 0.15) is 11.6 Å². The first-order chi connectivity index (χ1) is 9.13. The van der Waals surface area contributed by atoms with Gasteiger partial charge in [-0.3, -0.25) is 0 Å². The van der Waals surface area contributed by atoms with Gasteiger partial charge < -0.3 is 5.32 Å². The number of hydrogen-bond acceptors (Lipinski definition) is 2. The lowest BCUT2D eigenvalue weighted by Gasteiger charge is -2.16. The Morgan fingerprint density at radius 1 is 1.16 bits per heavy atom. The molecule has 102 valence electrons. The van der Waals surface area contributed by atoms with E-state index < -0.39 is 11.6 Å². The highest BCUT2D eigenvalue weighted by molar-refractivity contribution is 7.11. The smallest absolute Gasteiger partial charge is 0.130 e. The third kappa shape index (κ3) is 3.39. The van der Waals surface area contributed by atoms with Crippen LogP contribution in [0.1, 0.15) is 28.3 Å². The molecule has 0 spiro atoms. The van der Waals surface area contributed by atoms with Gasteiger partial charge in [-0.05, 0) is 31.7 Å². The van der Waals surface area contributed by atoms with Crippen LogP contribution in [0.25, 0.3) is 0 Å². The van der Waals surface area contributed by atoms with Crippen LogP contribution < -0.4 is 5.32 Å². The Kier molecular flexibility index (Phi) is 4.66. The average molecular weight is 281 g/mol. The minimum absolute atomic E-state index is 0.135. The van der Waals surface area contributed by atoms with Crippen molar-refractivity contribution in [3.63, 3.8) is 0 Å². The predicted octanol–water partition coefficient (Wildman–Crippen LogP) is 4.09. The standard InChI is InChI=1S/C15H17F2NS/c1-3-11-5-6-12(19-11)9-15(18-2)13-7-4-10(16)8-14(13)17/h4-8,15,18H,3,9H2,1-2H3. The van der Waals surface area contributed by atoms with Gasteiger partial charge in [-0.1, -0.05) is 13.0 Å². The number of benzene rings is 1. The Morgan fingerprint density at radius 3 is 2.47 bits per heavy atom. The van der Waals surface area contributed by atoms with E-state index in [2.05, 4.69) is 24.4 Å². The molecule has 0 aliphatic carbocycles. The Hall–Kier alpha value is -1.26. The summed E-state index contributed by atoms with van der Waals surface area (Å²) in [5, 5.41) is 3.10. The number of likely N-dealkylation sites (N-methyl/N-ethyl adjacent to an activating group) is 1. The van der Waals surface area contributed by atoms with Crippen molar-refractivity contribution in [3.8, 4) is 0 Å². The second-order valence-corrected chi connectivity index (χ2v) is 5.69. The Morgan fingerprint density at radius 2 is 1.89 bits per heavy atom. The van der Waals surface area contributed by atoms with Crippen molar-refractivity contribution in [2.75, 3.05) is 7.05 Å². The maximum absolute atomic E-state index is 13.8. The van der Waals surface area contributed by atoms with E-state index in [4.69, 9.17) is 0 Å². The molecule has 19 heavy (non-hydrogen) atoms.